The molecule has 1 aromatic heterocycles. The predicted octanol–water partition coefficient (Wildman–Crippen LogP) is 4.45. The largest absolute Gasteiger partial charge is 0.470 e. The van der Waals surface area contributed by atoms with E-state index in [2.05, 4.69) is 4.98 Å². The summed E-state index contributed by atoms with van der Waals surface area (Å²) in [7, 11) is 0. The van der Waals surface area contributed by atoms with Crippen molar-refractivity contribution in [3.05, 3.63) is 84.6 Å². The Morgan fingerprint density at radius 3 is 2.24 bits per heavy atom. The Balaban J connectivity index is 1.73. The van der Waals surface area contributed by atoms with Crippen LogP contribution >= 0.6 is 0 Å². The Kier molecular flexibility index (Phi) is 4.12. The zero-order valence-corrected chi connectivity index (χ0v) is 11.5. The molecule has 0 saturated heterocycles. The fraction of sp³-hybridized carbons (Fsp3) is 0.0556. The van der Waals surface area contributed by atoms with E-state index >= 15 is 0 Å². The Morgan fingerprint density at radius 2 is 1.48 bits per heavy atom. The van der Waals surface area contributed by atoms with Gasteiger partial charge in [-0.15, -0.1) is 0 Å². The van der Waals surface area contributed by atoms with Gasteiger partial charge in [0.1, 0.15) is 12.4 Å². The van der Waals surface area contributed by atoms with E-state index in [4.69, 9.17) is 9.47 Å². The average Bonchev–Trinajstić information content (AvgIpc) is 2.56. The van der Waals surface area contributed by atoms with Gasteiger partial charge in [0.15, 0.2) is 5.75 Å². The van der Waals surface area contributed by atoms with Gasteiger partial charge < -0.3 is 9.47 Å². The normalized spacial score (nSPS) is 10.1. The molecule has 0 aliphatic heterocycles. The second kappa shape index (κ2) is 6.57. The maximum Gasteiger partial charge on any atom is 0.257 e. The number of ether oxygens (including phenoxy) is 2. The topological polar surface area (TPSA) is 31.4 Å². The van der Waals surface area contributed by atoms with Gasteiger partial charge in [-0.3, -0.25) is 0 Å². The lowest BCUT2D eigenvalue weighted by molar-refractivity contribution is 0.279. The number of hydrogen-bond donors (Lipinski definition) is 0. The van der Waals surface area contributed by atoms with Crippen LogP contribution in [-0.2, 0) is 6.61 Å². The summed E-state index contributed by atoms with van der Waals surface area (Å²) >= 11 is 0. The highest BCUT2D eigenvalue weighted by Crippen LogP contribution is 2.29. The minimum Gasteiger partial charge on any atom is -0.470 e. The Bertz CT molecular complexity index is 684. The van der Waals surface area contributed by atoms with Crippen molar-refractivity contribution in [3.8, 4) is 17.4 Å². The molecular formula is C18H15NO2. The van der Waals surface area contributed by atoms with Gasteiger partial charge in [-0.25, -0.2) is 4.98 Å². The maximum absolute atomic E-state index is 5.81. The lowest BCUT2D eigenvalue weighted by atomic mass is 10.2. The molecule has 0 radical (unpaired) electrons. The zero-order valence-electron chi connectivity index (χ0n) is 11.5. The molecule has 3 aromatic rings. The molecular weight excluding hydrogens is 262 g/mol. The van der Waals surface area contributed by atoms with E-state index in [1.165, 1.54) is 0 Å². The van der Waals surface area contributed by atoms with Crippen LogP contribution in [0.15, 0.2) is 79.0 Å². The van der Waals surface area contributed by atoms with Crippen LogP contribution in [0, 0.1) is 0 Å². The third-order valence-corrected chi connectivity index (χ3v) is 2.93. The first kappa shape index (κ1) is 13.2. The molecule has 0 aliphatic carbocycles. The molecule has 1 heterocycles. The van der Waals surface area contributed by atoms with E-state index in [-0.39, 0.29) is 0 Å². The second-order valence-corrected chi connectivity index (χ2v) is 4.50. The highest BCUT2D eigenvalue weighted by molar-refractivity contribution is 5.37. The van der Waals surface area contributed by atoms with Gasteiger partial charge in [0.2, 0.25) is 0 Å². The van der Waals surface area contributed by atoms with Crippen molar-refractivity contribution in [2.45, 2.75) is 6.61 Å². The zero-order chi connectivity index (χ0) is 14.3. The fourth-order valence-electron chi connectivity index (χ4n) is 1.90. The van der Waals surface area contributed by atoms with Crippen molar-refractivity contribution >= 4 is 0 Å². The van der Waals surface area contributed by atoms with Crippen molar-refractivity contribution < 1.29 is 9.47 Å². The molecule has 3 nitrogen and oxygen atoms in total. The van der Waals surface area contributed by atoms with Crippen LogP contribution in [-0.4, -0.2) is 4.98 Å². The van der Waals surface area contributed by atoms with Crippen LogP contribution < -0.4 is 9.47 Å². The number of rotatable bonds is 5. The van der Waals surface area contributed by atoms with E-state index in [0.29, 0.717) is 18.2 Å². The van der Waals surface area contributed by atoms with Gasteiger partial charge in [0, 0.05) is 6.20 Å². The summed E-state index contributed by atoms with van der Waals surface area (Å²) in [5.74, 6) is 1.86. The molecule has 0 amide bonds. The van der Waals surface area contributed by atoms with Crippen molar-refractivity contribution in [2.75, 3.05) is 0 Å². The quantitative estimate of drug-likeness (QED) is 0.690. The monoisotopic (exact) mass is 277 g/mol. The summed E-state index contributed by atoms with van der Waals surface area (Å²) in [5, 5.41) is 0. The first-order valence-corrected chi connectivity index (χ1v) is 6.76. The standard InChI is InChI=1S/C18H15NO2/c1-3-8-15(9-4-1)14-20-18-17(12-7-13-19-18)21-16-10-5-2-6-11-16/h1-13H,14H2. The maximum atomic E-state index is 5.81. The smallest absolute Gasteiger partial charge is 0.257 e. The third-order valence-electron chi connectivity index (χ3n) is 2.93. The van der Waals surface area contributed by atoms with Crippen molar-refractivity contribution in [1.82, 2.24) is 4.98 Å². The summed E-state index contributed by atoms with van der Waals surface area (Å²) in [5.41, 5.74) is 1.09. The summed E-state index contributed by atoms with van der Waals surface area (Å²) in [6.07, 6.45) is 1.69. The Labute approximate surface area is 123 Å². The van der Waals surface area contributed by atoms with Crippen LogP contribution in [0.4, 0.5) is 0 Å². The highest BCUT2D eigenvalue weighted by Gasteiger charge is 2.07. The SMILES string of the molecule is c1ccc(COc2ncccc2Oc2ccccc2)cc1. The average molecular weight is 277 g/mol. The molecule has 0 atom stereocenters. The van der Waals surface area contributed by atoms with Gasteiger partial charge in [0.05, 0.1) is 0 Å². The van der Waals surface area contributed by atoms with Crippen molar-refractivity contribution in [1.29, 1.82) is 0 Å². The van der Waals surface area contributed by atoms with Crippen LogP contribution in [0.1, 0.15) is 5.56 Å². The molecule has 0 unspecified atom stereocenters. The number of aromatic nitrogens is 1. The summed E-state index contributed by atoms with van der Waals surface area (Å²) in [6.45, 7) is 0.461. The molecule has 0 N–H and O–H groups in total. The Hall–Kier alpha value is -2.81. The number of para-hydroxylation sites is 1. The van der Waals surface area contributed by atoms with Crippen molar-refractivity contribution in [2.24, 2.45) is 0 Å². The first-order valence-electron chi connectivity index (χ1n) is 6.76. The number of pyridine rings is 1. The Morgan fingerprint density at radius 1 is 0.762 bits per heavy atom. The van der Waals surface area contributed by atoms with E-state index in [0.717, 1.165) is 11.3 Å². The van der Waals surface area contributed by atoms with Crippen molar-refractivity contribution in [3.63, 3.8) is 0 Å². The van der Waals surface area contributed by atoms with Gasteiger partial charge in [-0.1, -0.05) is 48.5 Å². The highest BCUT2D eigenvalue weighted by atomic mass is 16.5. The summed E-state index contributed by atoms with van der Waals surface area (Å²) in [6, 6.07) is 23.2. The molecule has 0 spiro atoms. The number of benzene rings is 2. The number of nitrogens with zero attached hydrogens (tertiary/aromatic N) is 1. The molecule has 3 heteroatoms. The molecule has 21 heavy (non-hydrogen) atoms. The van der Waals surface area contributed by atoms with Gasteiger partial charge in [-0.05, 0) is 29.8 Å². The van der Waals surface area contributed by atoms with Gasteiger partial charge in [-0.2, -0.15) is 0 Å². The van der Waals surface area contributed by atoms with Gasteiger partial charge in [0.25, 0.3) is 5.88 Å². The van der Waals surface area contributed by atoms with Gasteiger partial charge >= 0.3 is 0 Å². The van der Waals surface area contributed by atoms with E-state index in [1.54, 1.807) is 6.20 Å². The lowest BCUT2D eigenvalue weighted by Crippen LogP contribution is -1.99. The third kappa shape index (κ3) is 3.60. The van der Waals surface area contributed by atoms with Crippen LogP contribution in [0.5, 0.6) is 17.4 Å². The van der Waals surface area contributed by atoms with Crippen LogP contribution in [0.3, 0.4) is 0 Å². The molecule has 0 fully saturated rings. The van der Waals surface area contributed by atoms with Crippen LogP contribution in [0.2, 0.25) is 0 Å². The molecule has 0 saturated carbocycles. The number of hydrogen-bond acceptors (Lipinski definition) is 3. The van der Waals surface area contributed by atoms with Crippen LogP contribution in [0.25, 0.3) is 0 Å². The lowest BCUT2D eigenvalue weighted by Gasteiger charge is -2.11. The molecule has 104 valence electrons. The first-order chi connectivity index (χ1) is 10.4. The van der Waals surface area contributed by atoms with E-state index in [9.17, 15) is 0 Å². The minimum atomic E-state index is 0.461. The fourth-order valence-corrected chi connectivity index (χ4v) is 1.90. The second-order valence-electron chi connectivity index (χ2n) is 4.50. The van der Waals surface area contributed by atoms with E-state index < -0.39 is 0 Å². The van der Waals surface area contributed by atoms with E-state index in [1.807, 2.05) is 72.8 Å². The molecule has 0 aliphatic rings. The molecule has 0 bridgehead atoms. The predicted molar refractivity (Wildman–Crippen MR) is 81.5 cm³/mol. The summed E-state index contributed by atoms with van der Waals surface area (Å²) < 4.78 is 11.6. The molecule has 3 rings (SSSR count). The molecule has 2 aromatic carbocycles. The minimum absolute atomic E-state index is 0.461. The summed E-state index contributed by atoms with van der Waals surface area (Å²) in [4.78, 5) is 4.24.